The van der Waals surface area contributed by atoms with Crippen LogP contribution in [0.5, 0.6) is 11.6 Å². The Labute approximate surface area is 116 Å². The minimum atomic E-state index is 0.422. The van der Waals surface area contributed by atoms with Gasteiger partial charge in [0.2, 0.25) is 5.88 Å². The van der Waals surface area contributed by atoms with E-state index >= 15 is 0 Å². The van der Waals surface area contributed by atoms with E-state index in [2.05, 4.69) is 15.1 Å². The van der Waals surface area contributed by atoms with Gasteiger partial charge in [-0.3, -0.25) is 4.68 Å². The zero-order valence-electron chi connectivity index (χ0n) is 11.1. The van der Waals surface area contributed by atoms with E-state index in [4.69, 9.17) is 16.3 Å². The van der Waals surface area contributed by atoms with Gasteiger partial charge in [-0.05, 0) is 26.7 Å². The van der Waals surface area contributed by atoms with Gasteiger partial charge in [0, 0.05) is 19.0 Å². The summed E-state index contributed by atoms with van der Waals surface area (Å²) in [5, 5.41) is 4.74. The van der Waals surface area contributed by atoms with Crippen LogP contribution in [0, 0.1) is 13.8 Å². The first kappa shape index (κ1) is 12.4. The molecular weight excluding hydrogens is 264 g/mol. The van der Waals surface area contributed by atoms with Crippen LogP contribution in [0.15, 0.2) is 6.07 Å². The molecule has 1 fully saturated rings. The summed E-state index contributed by atoms with van der Waals surface area (Å²) in [4.78, 5) is 8.67. The average Bonchev–Trinajstić information content (AvgIpc) is 3.15. The van der Waals surface area contributed by atoms with Gasteiger partial charge in [0.25, 0.3) is 0 Å². The highest BCUT2D eigenvalue weighted by atomic mass is 35.5. The van der Waals surface area contributed by atoms with Crippen LogP contribution in [0.1, 0.15) is 36.0 Å². The summed E-state index contributed by atoms with van der Waals surface area (Å²) < 4.78 is 7.63. The zero-order valence-corrected chi connectivity index (χ0v) is 11.9. The summed E-state index contributed by atoms with van der Waals surface area (Å²) in [6, 6.07) is 1.64. The standard InChI is InChI=1S/C13H15ClN4O/c1-7-12(8(2)18(3)17-7)19-11-6-10(14)15-13(16-11)9-4-5-9/h6,9H,4-5H2,1-3H3. The Balaban J connectivity index is 1.94. The normalized spacial score (nSPS) is 14.7. The maximum Gasteiger partial charge on any atom is 0.224 e. The number of hydrogen-bond acceptors (Lipinski definition) is 4. The molecule has 1 aliphatic rings. The van der Waals surface area contributed by atoms with E-state index in [-0.39, 0.29) is 0 Å². The number of halogens is 1. The largest absolute Gasteiger partial charge is 0.435 e. The van der Waals surface area contributed by atoms with Gasteiger partial charge in [0.05, 0.1) is 5.69 Å². The minimum Gasteiger partial charge on any atom is -0.435 e. The fraction of sp³-hybridized carbons (Fsp3) is 0.462. The number of ether oxygens (including phenoxy) is 1. The Morgan fingerprint density at radius 3 is 2.63 bits per heavy atom. The molecule has 2 heterocycles. The van der Waals surface area contributed by atoms with Crippen LogP contribution in [0.3, 0.4) is 0 Å². The summed E-state index contributed by atoms with van der Waals surface area (Å²) >= 11 is 6.02. The monoisotopic (exact) mass is 278 g/mol. The molecule has 0 spiro atoms. The lowest BCUT2D eigenvalue weighted by atomic mass is 10.3. The molecule has 5 nitrogen and oxygen atoms in total. The van der Waals surface area contributed by atoms with Crippen LogP contribution >= 0.6 is 11.6 Å². The lowest BCUT2D eigenvalue weighted by Gasteiger charge is -2.07. The van der Waals surface area contributed by atoms with Gasteiger partial charge in [-0.15, -0.1) is 0 Å². The summed E-state index contributed by atoms with van der Waals surface area (Å²) in [6.07, 6.45) is 2.26. The third-order valence-electron chi connectivity index (χ3n) is 3.28. The molecule has 0 amide bonds. The van der Waals surface area contributed by atoms with Crippen molar-refractivity contribution in [2.45, 2.75) is 32.6 Å². The van der Waals surface area contributed by atoms with Crippen LogP contribution in [-0.2, 0) is 7.05 Å². The van der Waals surface area contributed by atoms with E-state index < -0.39 is 0 Å². The van der Waals surface area contributed by atoms with E-state index in [1.54, 1.807) is 10.7 Å². The Kier molecular flexibility index (Phi) is 2.93. The lowest BCUT2D eigenvalue weighted by Crippen LogP contribution is -1.97. The number of aromatic nitrogens is 4. The van der Waals surface area contributed by atoms with Crippen LogP contribution in [0.25, 0.3) is 0 Å². The van der Waals surface area contributed by atoms with Gasteiger partial charge >= 0.3 is 0 Å². The molecule has 0 bridgehead atoms. The second kappa shape index (κ2) is 4.49. The molecule has 6 heteroatoms. The fourth-order valence-corrected chi connectivity index (χ4v) is 2.18. The van der Waals surface area contributed by atoms with Crippen molar-refractivity contribution < 1.29 is 4.74 Å². The molecule has 0 unspecified atom stereocenters. The second-order valence-corrected chi connectivity index (χ2v) is 5.27. The van der Waals surface area contributed by atoms with Crippen molar-refractivity contribution in [3.8, 4) is 11.6 Å². The Hall–Kier alpha value is -1.62. The highest BCUT2D eigenvalue weighted by Crippen LogP contribution is 2.39. The van der Waals surface area contributed by atoms with Crippen molar-refractivity contribution >= 4 is 11.6 Å². The van der Waals surface area contributed by atoms with Crippen molar-refractivity contribution in [1.82, 2.24) is 19.7 Å². The van der Waals surface area contributed by atoms with Crippen LogP contribution in [-0.4, -0.2) is 19.7 Å². The first-order valence-corrected chi connectivity index (χ1v) is 6.65. The smallest absolute Gasteiger partial charge is 0.224 e. The number of hydrogen-bond donors (Lipinski definition) is 0. The minimum absolute atomic E-state index is 0.422. The van der Waals surface area contributed by atoms with E-state index in [0.29, 0.717) is 17.0 Å². The quantitative estimate of drug-likeness (QED) is 0.810. The first-order valence-electron chi connectivity index (χ1n) is 6.27. The zero-order chi connectivity index (χ0) is 13.6. The summed E-state index contributed by atoms with van der Waals surface area (Å²) in [5.74, 6) is 2.44. The van der Waals surface area contributed by atoms with Gasteiger partial charge in [0.15, 0.2) is 5.75 Å². The lowest BCUT2D eigenvalue weighted by molar-refractivity contribution is 0.451. The molecule has 0 aliphatic heterocycles. The average molecular weight is 279 g/mol. The van der Waals surface area contributed by atoms with Gasteiger partial charge in [0.1, 0.15) is 16.7 Å². The van der Waals surface area contributed by atoms with E-state index in [9.17, 15) is 0 Å². The van der Waals surface area contributed by atoms with Crippen molar-refractivity contribution in [2.24, 2.45) is 7.05 Å². The Morgan fingerprint density at radius 1 is 1.32 bits per heavy atom. The molecule has 0 N–H and O–H groups in total. The van der Waals surface area contributed by atoms with Crippen LogP contribution in [0.4, 0.5) is 0 Å². The third kappa shape index (κ3) is 2.42. The molecule has 19 heavy (non-hydrogen) atoms. The molecule has 0 radical (unpaired) electrons. The molecule has 0 saturated heterocycles. The van der Waals surface area contributed by atoms with Gasteiger partial charge in [-0.2, -0.15) is 10.1 Å². The second-order valence-electron chi connectivity index (χ2n) is 4.89. The molecule has 2 aromatic rings. The topological polar surface area (TPSA) is 52.8 Å². The molecule has 1 aliphatic carbocycles. The number of aryl methyl sites for hydroxylation is 2. The predicted octanol–water partition coefficient (Wildman–Crippen LogP) is 3.15. The van der Waals surface area contributed by atoms with Crippen molar-refractivity contribution in [3.63, 3.8) is 0 Å². The number of nitrogens with zero attached hydrogens (tertiary/aromatic N) is 4. The molecular formula is C13H15ClN4O. The van der Waals surface area contributed by atoms with E-state index in [1.807, 2.05) is 20.9 Å². The molecule has 0 atom stereocenters. The van der Waals surface area contributed by atoms with Gasteiger partial charge < -0.3 is 4.74 Å². The van der Waals surface area contributed by atoms with Crippen LogP contribution in [0.2, 0.25) is 5.15 Å². The SMILES string of the molecule is Cc1nn(C)c(C)c1Oc1cc(Cl)nc(C2CC2)n1. The molecule has 3 rings (SSSR count). The highest BCUT2D eigenvalue weighted by molar-refractivity contribution is 6.29. The van der Waals surface area contributed by atoms with Crippen molar-refractivity contribution in [3.05, 3.63) is 28.4 Å². The molecule has 1 saturated carbocycles. The van der Waals surface area contributed by atoms with Crippen molar-refractivity contribution in [2.75, 3.05) is 0 Å². The van der Waals surface area contributed by atoms with Gasteiger partial charge in [-0.1, -0.05) is 11.6 Å². The summed E-state index contributed by atoms with van der Waals surface area (Å²) in [7, 11) is 1.89. The molecule has 100 valence electrons. The molecule has 0 aromatic carbocycles. The predicted molar refractivity (Wildman–Crippen MR) is 71.8 cm³/mol. The highest BCUT2D eigenvalue weighted by Gasteiger charge is 2.27. The Morgan fingerprint density at radius 2 is 2.05 bits per heavy atom. The summed E-state index contributed by atoms with van der Waals surface area (Å²) in [5.41, 5.74) is 1.79. The summed E-state index contributed by atoms with van der Waals surface area (Å²) in [6.45, 7) is 3.87. The number of rotatable bonds is 3. The van der Waals surface area contributed by atoms with Crippen LogP contribution < -0.4 is 4.74 Å². The first-order chi connectivity index (χ1) is 9.04. The maximum atomic E-state index is 6.02. The maximum absolute atomic E-state index is 6.02. The fourth-order valence-electron chi connectivity index (χ4n) is 2.00. The van der Waals surface area contributed by atoms with Crippen molar-refractivity contribution in [1.29, 1.82) is 0 Å². The van der Waals surface area contributed by atoms with E-state index in [0.717, 1.165) is 35.8 Å². The Bertz CT molecular complexity index is 634. The van der Waals surface area contributed by atoms with Gasteiger partial charge in [-0.25, -0.2) is 4.98 Å². The van der Waals surface area contributed by atoms with E-state index in [1.165, 1.54) is 0 Å². The third-order valence-corrected chi connectivity index (χ3v) is 3.47. The molecule has 2 aromatic heterocycles.